The maximum absolute atomic E-state index is 2.45. The van der Waals surface area contributed by atoms with Crippen LogP contribution in [0, 0.1) is 0 Å². The minimum atomic E-state index is 0.438. The van der Waals surface area contributed by atoms with Gasteiger partial charge in [-0.1, -0.05) is 57.2 Å². The van der Waals surface area contributed by atoms with E-state index in [-0.39, 0.29) is 0 Å². The molecule has 1 aliphatic rings. The minimum absolute atomic E-state index is 0.438. The standard InChI is InChI=1S/C18H28N2/c1-3-4-5-6-7-11-14-19-15-16-20(17(19)2)18-12-9-8-10-13-18/h8-10,12-13,15-17H,3-7,11,14H2,1-2H3. The number of hydrogen-bond donors (Lipinski definition) is 0. The van der Waals surface area contributed by atoms with Crippen molar-refractivity contribution in [1.29, 1.82) is 0 Å². The van der Waals surface area contributed by atoms with Gasteiger partial charge in [0.1, 0.15) is 6.17 Å². The van der Waals surface area contributed by atoms with E-state index in [2.05, 4.69) is 66.4 Å². The zero-order chi connectivity index (χ0) is 14.2. The number of benzene rings is 1. The third-order valence-corrected chi connectivity index (χ3v) is 4.13. The first-order valence-corrected chi connectivity index (χ1v) is 8.10. The number of unbranched alkanes of at least 4 members (excludes halogenated alkanes) is 5. The first kappa shape index (κ1) is 15.0. The molecule has 0 fully saturated rings. The molecule has 1 unspecified atom stereocenters. The predicted octanol–water partition coefficient (Wildman–Crippen LogP) is 4.99. The Kier molecular flexibility index (Phi) is 5.97. The number of rotatable bonds is 8. The third kappa shape index (κ3) is 4.03. The Hall–Kier alpha value is -1.44. The molecule has 0 radical (unpaired) electrons. The molecule has 20 heavy (non-hydrogen) atoms. The lowest BCUT2D eigenvalue weighted by molar-refractivity contribution is 0.309. The number of hydrogen-bond acceptors (Lipinski definition) is 2. The van der Waals surface area contributed by atoms with Crippen LogP contribution in [0.15, 0.2) is 42.7 Å². The van der Waals surface area contributed by atoms with Crippen LogP contribution >= 0.6 is 0 Å². The fourth-order valence-corrected chi connectivity index (χ4v) is 2.80. The van der Waals surface area contributed by atoms with Crippen molar-refractivity contribution < 1.29 is 0 Å². The summed E-state index contributed by atoms with van der Waals surface area (Å²) in [4.78, 5) is 4.80. The highest BCUT2D eigenvalue weighted by Crippen LogP contribution is 2.24. The number of anilines is 1. The summed E-state index contributed by atoms with van der Waals surface area (Å²) < 4.78 is 0. The summed E-state index contributed by atoms with van der Waals surface area (Å²) in [7, 11) is 0. The van der Waals surface area contributed by atoms with Crippen LogP contribution < -0.4 is 4.90 Å². The van der Waals surface area contributed by atoms with Crippen molar-refractivity contribution >= 4 is 5.69 Å². The van der Waals surface area contributed by atoms with Crippen LogP contribution in [0.3, 0.4) is 0 Å². The molecule has 1 heterocycles. The predicted molar refractivity (Wildman–Crippen MR) is 87.6 cm³/mol. The van der Waals surface area contributed by atoms with Gasteiger partial charge in [0.05, 0.1) is 0 Å². The highest BCUT2D eigenvalue weighted by Gasteiger charge is 2.22. The van der Waals surface area contributed by atoms with E-state index in [0.29, 0.717) is 6.17 Å². The molecule has 2 rings (SSSR count). The number of para-hydroxylation sites is 1. The highest BCUT2D eigenvalue weighted by atomic mass is 15.4. The second-order valence-electron chi connectivity index (χ2n) is 5.68. The Labute approximate surface area is 124 Å². The summed E-state index contributed by atoms with van der Waals surface area (Å²) in [6.07, 6.45) is 13.1. The molecule has 1 atom stereocenters. The van der Waals surface area contributed by atoms with Gasteiger partial charge in [-0.25, -0.2) is 0 Å². The smallest absolute Gasteiger partial charge is 0.102 e. The second-order valence-corrected chi connectivity index (χ2v) is 5.68. The Bertz CT molecular complexity index is 399. The average molecular weight is 272 g/mol. The van der Waals surface area contributed by atoms with E-state index in [1.165, 1.54) is 50.8 Å². The summed E-state index contributed by atoms with van der Waals surface area (Å²) >= 11 is 0. The van der Waals surface area contributed by atoms with E-state index in [9.17, 15) is 0 Å². The fourth-order valence-electron chi connectivity index (χ4n) is 2.80. The first-order valence-electron chi connectivity index (χ1n) is 8.10. The van der Waals surface area contributed by atoms with Gasteiger partial charge < -0.3 is 9.80 Å². The van der Waals surface area contributed by atoms with Crippen molar-refractivity contribution in [3.63, 3.8) is 0 Å². The number of nitrogens with zero attached hydrogens (tertiary/aromatic N) is 2. The molecule has 0 saturated heterocycles. The molecule has 0 amide bonds. The normalized spacial score (nSPS) is 18.0. The molecule has 0 saturated carbocycles. The largest absolute Gasteiger partial charge is 0.356 e. The van der Waals surface area contributed by atoms with Gasteiger partial charge in [-0.3, -0.25) is 0 Å². The van der Waals surface area contributed by atoms with Gasteiger partial charge in [0, 0.05) is 24.6 Å². The lowest BCUT2D eigenvalue weighted by atomic mass is 10.1. The Morgan fingerprint density at radius 2 is 1.60 bits per heavy atom. The molecule has 0 N–H and O–H groups in total. The van der Waals surface area contributed by atoms with Crippen LogP contribution in [-0.4, -0.2) is 17.6 Å². The van der Waals surface area contributed by atoms with Crippen LogP contribution in [0.4, 0.5) is 5.69 Å². The SMILES string of the molecule is CCCCCCCCN1C=CN(c2ccccc2)C1C. The molecular weight excluding hydrogens is 244 g/mol. The van der Waals surface area contributed by atoms with E-state index < -0.39 is 0 Å². The Balaban J connectivity index is 1.72. The van der Waals surface area contributed by atoms with Crippen LogP contribution in [0.5, 0.6) is 0 Å². The maximum Gasteiger partial charge on any atom is 0.102 e. The zero-order valence-corrected chi connectivity index (χ0v) is 13.0. The van der Waals surface area contributed by atoms with Gasteiger partial charge in [-0.15, -0.1) is 0 Å². The van der Waals surface area contributed by atoms with E-state index in [4.69, 9.17) is 0 Å². The van der Waals surface area contributed by atoms with Crippen LogP contribution in [0.25, 0.3) is 0 Å². The summed E-state index contributed by atoms with van der Waals surface area (Å²) in [6, 6.07) is 10.6. The van der Waals surface area contributed by atoms with Gasteiger partial charge >= 0.3 is 0 Å². The van der Waals surface area contributed by atoms with Crippen molar-refractivity contribution in [2.45, 2.75) is 58.5 Å². The monoisotopic (exact) mass is 272 g/mol. The molecule has 1 aliphatic heterocycles. The molecule has 0 spiro atoms. The topological polar surface area (TPSA) is 6.48 Å². The zero-order valence-electron chi connectivity index (χ0n) is 13.0. The van der Waals surface area contributed by atoms with Crippen molar-refractivity contribution in [1.82, 2.24) is 4.90 Å². The first-order chi connectivity index (χ1) is 9.83. The molecule has 0 aliphatic carbocycles. The van der Waals surface area contributed by atoms with E-state index in [1.807, 2.05) is 0 Å². The third-order valence-electron chi connectivity index (χ3n) is 4.13. The fraction of sp³-hybridized carbons (Fsp3) is 0.556. The molecule has 1 aromatic carbocycles. The molecule has 2 nitrogen and oxygen atoms in total. The Morgan fingerprint density at radius 1 is 0.900 bits per heavy atom. The van der Waals surface area contributed by atoms with Crippen LogP contribution in [0.2, 0.25) is 0 Å². The summed E-state index contributed by atoms with van der Waals surface area (Å²) in [5.41, 5.74) is 1.28. The van der Waals surface area contributed by atoms with Gasteiger partial charge in [-0.05, 0) is 25.5 Å². The quantitative estimate of drug-likeness (QED) is 0.615. The summed E-state index contributed by atoms with van der Waals surface area (Å²) in [5, 5.41) is 0. The molecular formula is C18H28N2. The minimum Gasteiger partial charge on any atom is -0.356 e. The lowest BCUT2D eigenvalue weighted by Gasteiger charge is -2.29. The lowest BCUT2D eigenvalue weighted by Crippen LogP contribution is -2.36. The van der Waals surface area contributed by atoms with Gasteiger partial charge in [0.25, 0.3) is 0 Å². The molecule has 1 aromatic rings. The van der Waals surface area contributed by atoms with E-state index in [1.54, 1.807) is 0 Å². The van der Waals surface area contributed by atoms with Crippen molar-refractivity contribution in [3.05, 3.63) is 42.7 Å². The van der Waals surface area contributed by atoms with Crippen molar-refractivity contribution in [2.75, 3.05) is 11.4 Å². The average Bonchev–Trinajstić information content (AvgIpc) is 2.85. The highest BCUT2D eigenvalue weighted by molar-refractivity contribution is 5.51. The molecule has 2 heteroatoms. The van der Waals surface area contributed by atoms with E-state index >= 15 is 0 Å². The maximum atomic E-state index is 2.45. The Morgan fingerprint density at radius 3 is 2.35 bits per heavy atom. The second kappa shape index (κ2) is 7.98. The van der Waals surface area contributed by atoms with Crippen molar-refractivity contribution in [2.24, 2.45) is 0 Å². The molecule has 0 aromatic heterocycles. The molecule has 0 bridgehead atoms. The summed E-state index contributed by atoms with van der Waals surface area (Å²) in [6.45, 7) is 5.73. The van der Waals surface area contributed by atoms with Crippen LogP contribution in [0.1, 0.15) is 52.4 Å². The van der Waals surface area contributed by atoms with Crippen molar-refractivity contribution in [3.8, 4) is 0 Å². The molecule has 110 valence electrons. The van der Waals surface area contributed by atoms with Gasteiger partial charge in [-0.2, -0.15) is 0 Å². The van der Waals surface area contributed by atoms with E-state index in [0.717, 1.165) is 0 Å². The van der Waals surface area contributed by atoms with Gasteiger partial charge in [0.15, 0.2) is 0 Å². The summed E-state index contributed by atoms with van der Waals surface area (Å²) in [5.74, 6) is 0. The van der Waals surface area contributed by atoms with Gasteiger partial charge in [0.2, 0.25) is 0 Å². The van der Waals surface area contributed by atoms with Crippen LogP contribution in [-0.2, 0) is 0 Å².